The lowest BCUT2D eigenvalue weighted by Gasteiger charge is -2.30. The number of amides is 2. The normalized spacial score (nSPS) is 17.4. The summed E-state index contributed by atoms with van der Waals surface area (Å²) in [5.74, 6) is -0.613. The van der Waals surface area contributed by atoms with E-state index in [1.165, 1.54) is 39.9 Å². The largest absolute Gasteiger partial charge is 0.379 e. The van der Waals surface area contributed by atoms with E-state index in [4.69, 9.17) is 4.74 Å². The van der Waals surface area contributed by atoms with Crippen LogP contribution in [-0.2, 0) is 27.7 Å². The molecule has 0 saturated carbocycles. The van der Waals surface area contributed by atoms with Gasteiger partial charge in [0.15, 0.2) is 0 Å². The predicted octanol–water partition coefficient (Wildman–Crippen LogP) is 2.15. The van der Waals surface area contributed by atoms with Crippen molar-refractivity contribution in [2.75, 3.05) is 45.2 Å². The summed E-state index contributed by atoms with van der Waals surface area (Å²) in [7, 11) is -2.05. The van der Waals surface area contributed by atoms with Crippen LogP contribution in [0.5, 0.6) is 0 Å². The molecule has 2 aliphatic heterocycles. The zero-order chi connectivity index (χ0) is 24.5. The molecule has 1 aromatic heterocycles. The van der Waals surface area contributed by atoms with Gasteiger partial charge in [-0.15, -0.1) is 11.3 Å². The van der Waals surface area contributed by atoms with E-state index >= 15 is 0 Å². The molecular weight excluding hydrogens is 476 g/mol. The average Bonchev–Trinajstić information content (AvgIpc) is 3.21. The van der Waals surface area contributed by atoms with Gasteiger partial charge in [0.25, 0.3) is 11.8 Å². The summed E-state index contributed by atoms with van der Waals surface area (Å²) in [4.78, 5) is 29.2. The molecule has 0 aliphatic carbocycles. The number of carbonyl (C=O) groups is 2. The number of morpholine rings is 1. The Labute approximate surface area is 204 Å². The van der Waals surface area contributed by atoms with Crippen LogP contribution in [0.3, 0.4) is 0 Å². The zero-order valence-corrected chi connectivity index (χ0v) is 21.2. The number of hydrogen-bond donors (Lipinski definition) is 2. The molecule has 2 aromatic rings. The molecule has 3 heterocycles. The third kappa shape index (κ3) is 4.89. The fraction of sp³-hybridized carbons (Fsp3) is 0.478. The van der Waals surface area contributed by atoms with Crippen molar-refractivity contribution >= 4 is 38.2 Å². The molecule has 0 spiro atoms. The Morgan fingerprint density at radius 2 is 1.74 bits per heavy atom. The van der Waals surface area contributed by atoms with E-state index in [0.717, 1.165) is 30.0 Å². The Morgan fingerprint density at radius 3 is 2.35 bits per heavy atom. The molecule has 0 radical (unpaired) electrons. The third-order valence-electron chi connectivity index (χ3n) is 6.22. The van der Waals surface area contributed by atoms with Gasteiger partial charge in [0.2, 0.25) is 10.0 Å². The predicted molar refractivity (Wildman–Crippen MR) is 131 cm³/mol. The highest BCUT2D eigenvalue weighted by atomic mass is 32.2. The highest BCUT2D eigenvalue weighted by Crippen LogP contribution is 2.38. The number of anilines is 1. The zero-order valence-electron chi connectivity index (χ0n) is 19.6. The second-order valence-corrected chi connectivity index (χ2v) is 11.6. The van der Waals surface area contributed by atoms with Crippen molar-refractivity contribution in [2.45, 2.75) is 37.8 Å². The molecule has 1 fully saturated rings. The lowest BCUT2D eigenvalue weighted by atomic mass is 10.0. The van der Waals surface area contributed by atoms with Gasteiger partial charge in [-0.2, -0.15) is 4.31 Å². The lowest BCUT2D eigenvalue weighted by Crippen LogP contribution is -2.40. The molecule has 11 heteroatoms. The fourth-order valence-corrected chi connectivity index (χ4v) is 6.88. The minimum Gasteiger partial charge on any atom is -0.379 e. The van der Waals surface area contributed by atoms with E-state index in [-0.39, 0.29) is 16.7 Å². The SMILES string of the molecule is CNC(=O)c1c(NC(=O)c2ccc(S(=O)(=O)N3CCOCC3)cc2)sc2c1CCN(C(C)C)C2. The van der Waals surface area contributed by atoms with Crippen LogP contribution >= 0.6 is 11.3 Å². The van der Waals surface area contributed by atoms with Gasteiger partial charge in [0, 0.05) is 49.7 Å². The van der Waals surface area contributed by atoms with Gasteiger partial charge in [-0.3, -0.25) is 14.5 Å². The average molecular weight is 507 g/mol. The molecule has 0 unspecified atom stereocenters. The summed E-state index contributed by atoms with van der Waals surface area (Å²) in [6.45, 7) is 7.24. The Balaban J connectivity index is 1.55. The maximum absolute atomic E-state index is 13.0. The molecule has 184 valence electrons. The Bertz CT molecular complexity index is 1170. The summed E-state index contributed by atoms with van der Waals surface area (Å²) in [6.07, 6.45) is 0.747. The third-order valence-corrected chi connectivity index (χ3v) is 9.27. The van der Waals surface area contributed by atoms with Crippen molar-refractivity contribution in [1.29, 1.82) is 0 Å². The first-order valence-corrected chi connectivity index (χ1v) is 13.6. The van der Waals surface area contributed by atoms with Crippen LogP contribution in [0.1, 0.15) is 45.0 Å². The summed E-state index contributed by atoms with van der Waals surface area (Å²) >= 11 is 1.43. The lowest BCUT2D eigenvalue weighted by molar-refractivity contribution is 0.0730. The minimum absolute atomic E-state index is 0.136. The number of benzene rings is 1. The molecule has 1 saturated heterocycles. The van der Waals surface area contributed by atoms with Crippen molar-refractivity contribution in [3.8, 4) is 0 Å². The number of hydrogen-bond acceptors (Lipinski definition) is 7. The van der Waals surface area contributed by atoms with E-state index in [1.54, 1.807) is 7.05 Å². The molecule has 34 heavy (non-hydrogen) atoms. The van der Waals surface area contributed by atoms with Crippen LogP contribution in [0, 0.1) is 0 Å². The van der Waals surface area contributed by atoms with Gasteiger partial charge in [-0.1, -0.05) is 0 Å². The fourth-order valence-electron chi connectivity index (χ4n) is 4.21. The smallest absolute Gasteiger partial charge is 0.256 e. The maximum Gasteiger partial charge on any atom is 0.256 e. The maximum atomic E-state index is 13.0. The molecule has 2 amide bonds. The molecule has 4 rings (SSSR count). The molecule has 9 nitrogen and oxygen atoms in total. The topological polar surface area (TPSA) is 108 Å². The first kappa shape index (κ1) is 24.8. The monoisotopic (exact) mass is 506 g/mol. The van der Waals surface area contributed by atoms with Gasteiger partial charge in [0.05, 0.1) is 23.7 Å². The number of rotatable bonds is 6. The number of thiophene rings is 1. The second-order valence-electron chi connectivity index (χ2n) is 8.60. The first-order chi connectivity index (χ1) is 16.2. The summed E-state index contributed by atoms with van der Waals surface area (Å²) in [6, 6.07) is 6.27. The Morgan fingerprint density at radius 1 is 1.06 bits per heavy atom. The van der Waals surface area contributed by atoms with E-state index in [1.807, 2.05) is 0 Å². The summed E-state index contributed by atoms with van der Waals surface area (Å²) in [5.41, 5.74) is 1.83. The van der Waals surface area contributed by atoms with Crippen LogP contribution in [0.4, 0.5) is 5.00 Å². The van der Waals surface area contributed by atoms with E-state index in [0.29, 0.717) is 48.5 Å². The number of carbonyl (C=O) groups excluding carboxylic acids is 2. The van der Waals surface area contributed by atoms with Crippen molar-refractivity contribution in [1.82, 2.24) is 14.5 Å². The Hall–Kier alpha value is -2.31. The van der Waals surface area contributed by atoms with Crippen LogP contribution in [0.2, 0.25) is 0 Å². The van der Waals surface area contributed by atoms with Gasteiger partial charge < -0.3 is 15.4 Å². The highest BCUT2D eigenvalue weighted by Gasteiger charge is 2.30. The van der Waals surface area contributed by atoms with Crippen LogP contribution < -0.4 is 10.6 Å². The molecule has 2 N–H and O–H groups in total. The van der Waals surface area contributed by atoms with Gasteiger partial charge in [0.1, 0.15) is 5.00 Å². The summed E-state index contributed by atoms with van der Waals surface area (Å²) in [5, 5.41) is 6.09. The van der Waals surface area contributed by atoms with Gasteiger partial charge in [-0.25, -0.2) is 8.42 Å². The van der Waals surface area contributed by atoms with Gasteiger partial charge >= 0.3 is 0 Å². The number of nitrogens with one attached hydrogen (secondary N) is 2. The summed E-state index contributed by atoms with van der Waals surface area (Å²) < 4.78 is 32.3. The van der Waals surface area contributed by atoms with E-state index in [9.17, 15) is 18.0 Å². The number of ether oxygens (including phenoxy) is 1. The van der Waals surface area contributed by atoms with E-state index < -0.39 is 10.0 Å². The molecule has 0 bridgehead atoms. The van der Waals surface area contributed by atoms with Crippen molar-refractivity contribution in [3.63, 3.8) is 0 Å². The highest BCUT2D eigenvalue weighted by molar-refractivity contribution is 7.89. The van der Waals surface area contributed by atoms with Crippen LogP contribution in [0.25, 0.3) is 0 Å². The van der Waals surface area contributed by atoms with Crippen molar-refractivity contribution < 1.29 is 22.7 Å². The van der Waals surface area contributed by atoms with Crippen LogP contribution in [0.15, 0.2) is 29.2 Å². The number of nitrogens with zero attached hydrogens (tertiary/aromatic N) is 2. The molecular formula is C23H30N4O5S2. The van der Waals surface area contributed by atoms with Crippen molar-refractivity contribution in [2.24, 2.45) is 0 Å². The molecule has 1 aromatic carbocycles. The van der Waals surface area contributed by atoms with E-state index in [2.05, 4.69) is 29.4 Å². The first-order valence-electron chi connectivity index (χ1n) is 11.3. The second kappa shape index (κ2) is 10.1. The standard InChI is InChI=1S/C23H30N4O5S2/c1-15(2)26-9-8-18-19(14-26)33-23(20(18)22(29)24-3)25-21(28)16-4-6-17(7-5-16)34(30,31)27-10-12-32-13-11-27/h4-7,15H,8-14H2,1-3H3,(H,24,29)(H,25,28). The molecule has 2 aliphatic rings. The number of sulfonamides is 1. The Kier molecular flexibility index (Phi) is 7.39. The molecule has 0 atom stereocenters. The van der Waals surface area contributed by atoms with Gasteiger partial charge in [-0.05, 0) is 50.1 Å². The minimum atomic E-state index is -3.63. The quantitative estimate of drug-likeness (QED) is 0.622. The van der Waals surface area contributed by atoms with Crippen molar-refractivity contribution in [3.05, 3.63) is 45.8 Å². The number of fused-ring (bicyclic) bond motifs is 1. The van der Waals surface area contributed by atoms with Crippen LogP contribution in [-0.4, -0.2) is 75.4 Å².